The highest BCUT2D eigenvalue weighted by Crippen LogP contribution is 2.43. The third-order valence-corrected chi connectivity index (χ3v) is 10.1. The quantitative estimate of drug-likeness (QED) is 0.104. The zero-order valence-corrected chi connectivity index (χ0v) is 28.4. The molecular formula is C35H33BrF3N3O6S. The van der Waals surface area contributed by atoms with E-state index in [9.17, 15) is 26.4 Å². The minimum Gasteiger partial charge on any atom is -0.494 e. The van der Waals surface area contributed by atoms with E-state index in [4.69, 9.17) is 19.6 Å². The van der Waals surface area contributed by atoms with Crippen molar-refractivity contribution in [2.45, 2.75) is 42.1 Å². The summed E-state index contributed by atoms with van der Waals surface area (Å²) in [5, 5.41) is 9.04. The van der Waals surface area contributed by atoms with Gasteiger partial charge in [0, 0.05) is 36.0 Å². The Hall–Kier alpha value is -4.24. The summed E-state index contributed by atoms with van der Waals surface area (Å²) < 4.78 is 78.9. The van der Waals surface area contributed by atoms with Gasteiger partial charge in [-0.15, -0.1) is 0 Å². The average molecular weight is 761 g/mol. The lowest BCUT2D eigenvalue weighted by Crippen LogP contribution is -2.53. The number of ether oxygens (including phenoxy) is 2. The topological polar surface area (TPSA) is 126 Å². The Morgan fingerprint density at radius 2 is 1.63 bits per heavy atom. The van der Waals surface area contributed by atoms with E-state index in [2.05, 4.69) is 26.8 Å². The van der Waals surface area contributed by atoms with Crippen LogP contribution in [0.1, 0.15) is 41.2 Å². The number of benzene rings is 4. The molecule has 0 saturated heterocycles. The molecule has 258 valence electrons. The van der Waals surface area contributed by atoms with E-state index in [1.165, 1.54) is 24.3 Å². The van der Waals surface area contributed by atoms with Crippen LogP contribution in [0.2, 0.25) is 0 Å². The number of aliphatic hydroxyl groups excluding tert-OH is 1. The van der Waals surface area contributed by atoms with Crippen molar-refractivity contribution in [2.75, 3.05) is 19.0 Å². The summed E-state index contributed by atoms with van der Waals surface area (Å²) in [6.07, 6.45) is -5.36. The van der Waals surface area contributed by atoms with E-state index in [1.807, 2.05) is 0 Å². The van der Waals surface area contributed by atoms with Gasteiger partial charge >= 0.3 is 6.18 Å². The summed E-state index contributed by atoms with van der Waals surface area (Å²) in [6.45, 7) is 0.279. The zero-order valence-electron chi connectivity index (χ0n) is 26.0. The van der Waals surface area contributed by atoms with Crippen LogP contribution in [0, 0.1) is 0 Å². The standard InChI is InChI=1S/C35H33BrF3N3O6S/c36-28-15-9-25(10-16-28)31-34(19-22-49(45,46)30-5-2-1-3-6-30,33(44)42-40-23-24-7-13-27(14-8-24)35(37,38)39)41-32(48-31)26-11-17-29(18-12-26)47-21-4-20-43/h1-3,5-18,31,40,43H,4,19-23H2,(H,42,44)/t31-,34-/m0/s1. The SMILES string of the molecule is O=C(NNCc1ccc(C(F)(F)F)cc1)[C@@]1(CCS(=O)(=O)c2ccccc2)N=C(c2ccc(OCCCO)cc2)O[C@H]1c1ccc(Br)cc1. The van der Waals surface area contributed by atoms with Gasteiger partial charge in [-0.1, -0.05) is 58.4 Å². The molecule has 0 unspecified atom stereocenters. The maximum atomic E-state index is 14.3. The molecule has 0 spiro atoms. The molecule has 0 fully saturated rings. The van der Waals surface area contributed by atoms with E-state index < -0.39 is 44.9 Å². The number of halogens is 4. The van der Waals surface area contributed by atoms with Crippen molar-refractivity contribution in [3.63, 3.8) is 0 Å². The van der Waals surface area contributed by atoms with Gasteiger partial charge in [0.1, 0.15) is 5.75 Å². The Balaban J connectivity index is 1.48. The maximum Gasteiger partial charge on any atom is 0.416 e. The van der Waals surface area contributed by atoms with E-state index in [0.29, 0.717) is 35.5 Å². The van der Waals surface area contributed by atoms with Crippen molar-refractivity contribution in [3.8, 4) is 5.75 Å². The van der Waals surface area contributed by atoms with Gasteiger partial charge < -0.3 is 14.6 Å². The number of alkyl halides is 3. The number of hydrogen-bond donors (Lipinski definition) is 3. The Morgan fingerprint density at radius 3 is 2.27 bits per heavy atom. The van der Waals surface area contributed by atoms with Gasteiger partial charge in [0.2, 0.25) is 5.90 Å². The highest BCUT2D eigenvalue weighted by Gasteiger charge is 2.53. The molecule has 1 heterocycles. The highest BCUT2D eigenvalue weighted by atomic mass is 79.9. The Kier molecular flexibility index (Phi) is 11.4. The highest BCUT2D eigenvalue weighted by molar-refractivity contribution is 9.10. The molecule has 4 aromatic carbocycles. The number of hydrogen-bond acceptors (Lipinski definition) is 8. The van der Waals surface area contributed by atoms with Gasteiger partial charge in [-0.05, 0) is 71.8 Å². The second-order valence-corrected chi connectivity index (χ2v) is 14.2. The van der Waals surface area contributed by atoms with Crippen LogP contribution in [0.4, 0.5) is 13.2 Å². The van der Waals surface area contributed by atoms with Crippen molar-refractivity contribution in [1.82, 2.24) is 10.9 Å². The first-order valence-electron chi connectivity index (χ1n) is 15.2. The minimum atomic E-state index is -4.49. The fourth-order valence-electron chi connectivity index (χ4n) is 5.19. The molecule has 49 heavy (non-hydrogen) atoms. The molecule has 1 amide bonds. The number of amides is 1. The van der Waals surface area contributed by atoms with E-state index in [-0.39, 0.29) is 30.4 Å². The molecular weight excluding hydrogens is 727 g/mol. The summed E-state index contributed by atoms with van der Waals surface area (Å²) in [6, 6.07) is 26.1. The fraction of sp³-hybridized carbons (Fsp3) is 0.257. The molecule has 5 rings (SSSR count). The molecule has 1 aliphatic heterocycles. The Labute approximate surface area is 290 Å². The molecule has 2 atom stereocenters. The zero-order chi connectivity index (χ0) is 35.1. The molecule has 14 heteroatoms. The number of carbonyl (C=O) groups is 1. The fourth-order valence-corrected chi connectivity index (χ4v) is 6.84. The molecule has 3 N–H and O–H groups in total. The normalized spacial score (nSPS) is 17.7. The third-order valence-electron chi connectivity index (χ3n) is 7.83. The number of aliphatic imine (C=N–C) groups is 1. The van der Waals surface area contributed by atoms with Gasteiger partial charge in [0.15, 0.2) is 21.5 Å². The lowest BCUT2D eigenvalue weighted by atomic mass is 9.85. The van der Waals surface area contributed by atoms with Crippen LogP contribution in [0.25, 0.3) is 0 Å². The summed E-state index contributed by atoms with van der Waals surface area (Å²) in [4.78, 5) is 19.2. The number of nitrogens with zero attached hydrogens (tertiary/aromatic N) is 1. The van der Waals surface area contributed by atoms with Gasteiger partial charge in [0.25, 0.3) is 5.91 Å². The van der Waals surface area contributed by atoms with Crippen molar-refractivity contribution in [3.05, 3.63) is 130 Å². The number of sulfone groups is 1. The van der Waals surface area contributed by atoms with Gasteiger partial charge in [-0.2, -0.15) is 13.2 Å². The smallest absolute Gasteiger partial charge is 0.416 e. The molecule has 0 radical (unpaired) electrons. The summed E-state index contributed by atoms with van der Waals surface area (Å²) in [7, 11) is -3.87. The number of rotatable bonds is 14. The van der Waals surface area contributed by atoms with Gasteiger partial charge in [-0.3, -0.25) is 10.2 Å². The second-order valence-electron chi connectivity index (χ2n) is 11.2. The van der Waals surface area contributed by atoms with Crippen LogP contribution in [-0.2, 0) is 32.1 Å². The van der Waals surface area contributed by atoms with Crippen molar-refractivity contribution in [2.24, 2.45) is 4.99 Å². The molecule has 4 aromatic rings. The number of aliphatic hydroxyl groups is 1. The molecule has 0 saturated carbocycles. The van der Waals surface area contributed by atoms with Crippen LogP contribution in [0.15, 0.2) is 117 Å². The van der Waals surface area contributed by atoms with Crippen LogP contribution in [-0.4, -0.2) is 49.8 Å². The van der Waals surface area contributed by atoms with Crippen LogP contribution < -0.4 is 15.6 Å². The third kappa shape index (κ3) is 8.87. The predicted octanol–water partition coefficient (Wildman–Crippen LogP) is 6.17. The number of hydrazine groups is 1. The van der Waals surface area contributed by atoms with Gasteiger partial charge in [0.05, 0.1) is 22.8 Å². The predicted molar refractivity (Wildman–Crippen MR) is 180 cm³/mol. The summed E-state index contributed by atoms with van der Waals surface area (Å²) in [5.41, 5.74) is 4.31. The maximum absolute atomic E-state index is 14.3. The van der Waals surface area contributed by atoms with Crippen molar-refractivity contribution in [1.29, 1.82) is 0 Å². The van der Waals surface area contributed by atoms with E-state index >= 15 is 0 Å². The molecule has 1 aliphatic rings. The first-order valence-corrected chi connectivity index (χ1v) is 17.7. The summed E-state index contributed by atoms with van der Waals surface area (Å²) >= 11 is 3.42. The van der Waals surface area contributed by atoms with Crippen LogP contribution in [0.5, 0.6) is 5.75 Å². The van der Waals surface area contributed by atoms with Crippen molar-refractivity contribution < 1.29 is 41.0 Å². The lowest BCUT2D eigenvalue weighted by Gasteiger charge is -2.30. The average Bonchev–Trinajstić information content (AvgIpc) is 3.49. The summed E-state index contributed by atoms with van der Waals surface area (Å²) in [5.74, 6) is -0.501. The van der Waals surface area contributed by atoms with Gasteiger partial charge in [-0.25, -0.2) is 18.8 Å². The largest absolute Gasteiger partial charge is 0.494 e. The monoisotopic (exact) mass is 759 g/mol. The Morgan fingerprint density at radius 1 is 0.959 bits per heavy atom. The minimum absolute atomic E-state index is 0.0104. The first-order chi connectivity index (χ1) is 23.4. The molecule has 9 nitrogen and oxygen atoms in total. The van der Waals surface area contributed by atoms with Crippen molar-refractivity contribution >= 4 is 37.6 Å². The van der Waals surface area contributed by atoms with E-state index in [1.54, 1.807) is 66.7 Å². The second kappa shape index (κ2) is 15.5. The number of nitrogens with one attached hydrogen (secondary N) is 2. The van der Waals surface area contributed by atoms with Crippen LogP contribution in [0.3, 0.4) is 0 Å². The lowest BCUT2D eigenvalue weighted by molar-refractivity contribution is -0.137. The molecule has 0 bridgehead atoms. The Bertz CT molecular complexity index is 1860. The molecule has 0 aliphatic carbocycles. The number of carbonyl (C=O) groups excluding carboxylic acids is 1. The van der Waals surface area contributed by atoms with E-state index in [0.717, 1.165) is 16.6 Å². The van der Waals surface area contributed by atoms with Crippen LogP contribution >= 0.6 is 15.9 Å². The first kappa shape index (κ1) is 36.1. The molecule has 0 aromatic heterocycles.